The van der Waals surface area contributed by atoms with E-state index >= 15 is 0 Å². The van der Waals surface area contributed by atoms with E-state index in [1.165, 1.54) is 16.5 Å². The molecular weight excluding hydrogens is 284 g/mol. The number of hydrogen-bond acceptors (Lipinski definition) is 1. The van der Waals surface area contributed by atoms with E-state index in [2.05, 4.69) is 85.4 Å². The molecule has 0 N–H and O–H groups in total. The number of rotatable bonds is 1. The lowest BCUT2D eigenvalue weighted by molar-refractivity contribution is 1.02. The maximum Gasteiger partial charge on any atom is 0.146 e. The Balaban J connectivity index is 2.49. The lowest BCUT2D eigenvalue weighted by Crippen LogP contribution is -2.29. The molecule has 0 atom stereocenters. The summed E-state index contributed by atoms with van der Waals surface area (Å²) in [5.41, 5.74) is 2.23. The fraction of sp³-hybridized carbons (Fsp3) is 0.0833. The van der Waals surface area contributed by atoms with Gasteiger partial charge in [-0.1, -0.05) is 29.4 Å². The molecule has 1 aromatic carbocycles. The Morgan fingerprint density at radius 2 is 1.83 bits per heavy atom. The van der Waals surface area contributed by atoms with Gasteiger partial charge in [-0.2, -0.15) is 0 Å². The van der Waals surface area contributed by atoms with Gasteiger partial charge in [0.1, 0.15) is 10.3 Å². The van der Waals surface area contributed by atoms with Crippen LogP contribution in [-0.2, 0) is 5.11 Å². The molecule has 0 saturated heterocycles. The third-order valence-corrected chi connectivity index (χ3v) is 3.74. The molecule has 0 spiro atoms. The third-order valence-electron chi connectivity index (χ3n) is 3.18. The van der Waals surface area contributed by atoms with Gasteiger partial charge in [0, 0.05) is 17.3 Å². The quantitative estimate of drug-likeness (QED) is 0.589. The van der Waals surface area contributed by atoms with Crippen molar-refractivity contribution in [1.29, 1.82) is 0 Å². The molecule has 2 nitrogen and oxygen atoms in total. The normalized spacial score (nSPS) is 12.3. The summed E-state index contributed by atoms with van der Waals surface area (Å²) in [6.45, 7) is 0. The Morgan fingerprint density at radius 3 is 2.56 bits per heavy atom. The molecular formula is C12H12B3BrN2. The van der Waals surface area contributed by atoms with Gasteiger partial charge in [-0.3, -0.25) is 0 Å². The zero-order chi connectivity index (χ0) is 12.9. The summed E-state index contributed by atoms with van der Waals surface area (Å²) in [6.07, 6.45) is 2.11. The van der Waals surface area contributed by atoms with Crippen molar-refractivity contribution in [2.75, 3.05) is 0 Å². The van der Waals surface area contributed by atoms with Gasteiger partial charge >= 0.3 is 0 Å². The van der Waals surface area contributed by atoms with Crippen LogP contribution in [0.4, 0.5) is 0 Å². The minimum absolute atomic E-state index is 0.0563. The summed E-state index contributed by atoms with van der Waals surface area (Å²) in [6, 6.07) is 10.5. The smallest absolute Gasteiger partial charge is 0.146 e. The van der Waals surface area contributed by atoms with Crippen molar-refractivity contribution in [3.63, 3.8) is 0 Å². The second kappa shape index (κ2) is 3.92. The minimum atomic E-state index is 0.0563. The number of imidazole rings is 1. The highest BCUT2D eigenvalue weighted by Crippen LogP contribution is 2.28. The Bertz CT molecular complexity index is 746. The first-order valence-electron chi connectivity index (χ1n) is 6.04. The number of benzene rings is 1. The Labute approximate surface area is 117 Å². The first-order valence-corrected chi connectivity index (χ1v) is 6.83. The fourth-order valence-corrected chi connectivity index (χ4v) is 3.37. The van der Waals surface area contributed by atoms with Crippen molar-refractivity contribution < 1.29 is 0 Å². The van der Waals surface area contributed by atoms with E-state index in [1.54, 1.807) is 0 Å². The third kappa shape index (κ3) is 1.71. The predicted octanol–water partition coefficient (Wildman–Crippen LogP) is 0.260. The average Bonchev–Trinajstić information content (AvgIpc) is 2.65. The van der Waals surface area contributed by atoms with Gasteiger partial charge < -0.3 is 4.40 Å². The molecule has 0 aliphatic rings. The molecule has 0 unspecified atom stereocenters. The molecule has 0 fully saturated rings. The highest BCUT2D eigenvalue weighted by Gasteiger charge is 2.23. The van der Waals surface area contributed by atoms with Gasteiger partial charge in [-0.15, -0.1) is 0 Å². The van der Waals surface area contributed by atoms with Crippen molar-refractivity contribution in [2.45, 2.75) is 5.11 Å². The molecule has 3 aromatic rings. The van der Waals surface area contributed by atoms with E-state index in [9.17, 15) is 0 Å². The van der Waals surface area contributed by atoms with E-state index in [0.29, 0.717) is 0 Å². The van der Waals surface area contributed by atoms with Gasteiger partial charge in [0.15, 0.2) is 0 Å². The van der Waals surface area contributed by atoms with Crippen LogP contribution in [-0.4, -0.2) is 32.9 Å². The second-order valence-corrected chi connectivity index (χ2v) is 6.35. The van der Waals surface area contributed by atoms with Crippen molar-refractivity contribution in [1.82, 2.24) is 9.38 Å². The van der Waals surface area contributed by atoms with Crippen LogP contribution in [0.2, 0.25) is 0 Å². The van der Waals surface area contributed by atoms with Crippen LogP contribution >= 0.6 is 15.9 Å². The lowest BCUT2D eigenvalue weighted by Gasteiger charge is -2.18. The standard InChI is InChI=1S/C12H12B3BrN2/c13-12(14,15)9-10(16)17-11-8-4-2-1-3-7(8)5-6-18(9)11/h1-6H,13-15H2. The van der Waals surface area contributed by atoms with Crippen LogP contribution in [0.5, 0.6) is 0 Å². The van der Waals surface area contributed by atoms with Gasteiger partial charge in [0.25, 0.3) is 0 Å². The van der Waals surface area contributed by atoms with Gasteiger partial charge in [0.05, 0.1) is 23.5 Å². The molecule has 0 saturated carbocycles. The zero-order valence-electron chi connectivity index (χ0n) is 10.7. The van der Waals surface area contributed by atoms with Crippen LogP contribution in [0.25, 0.3) is 16.4 Å². The van der Waals surface area contributed by atoms with Gasteiger partial charge in [-0.05, 0) is 27.4 Å². The van der Waals surface area contributed by atoms with Crippen LogP contribution in [0.1, 0.15) is 5.69 Å². The monoisotopic (exact) mass is 296 g/mol. The molecule has 0 amide bonds. The molecule has 3 rings (SSSR count). The number of pyridine rings is 1. The summed E-state index contributed by atoms with van der Waals surface area (Å²) >= 11 is 3.60. The van der Waals surface area contributed by atoms with E-state index in [-0.39, 0.29) is 5.11 Å². The van der Waals surface area contributed by atoms with Crippen LogP contribution in [0.15, 0.2) is 41.1 Å². The van der Waals surface area contributed by atoms with Crippen molar-refractivity contribution in [3.8, 4) is 0 Å². The Morgan fingerprint density at radius 1 is 1.11 bits per heavy atom. The van der Waals surface area contributed by atoms with Crippen LogP contribution in [0.3, 0.4) is 0 Å². The van der Waals surface area contributed by atoms with Gasteiger partial charge in [0.2, 0.25) is 0 Å². The highest BCUT2D eigenvalue weighted by molar-refractivity contribution is 9.10. The average molecular weight is 297 g/mol. The lowest BCUT2D eigenvalue weighted by atomic mass is 9.41. The molecule has 0 bridgehead atoms. The molecule has 6 heteroatoms. The number of fused-ring (bicyclic) bond motifs is 3. The number of nitrogens with zero attached hydrogens (tertiary/aromatic N) is 2. The van der Waals surface area contributed by atoms with Crippen molar-refractivity contribution in [2.24, 2.45) is 0 Å². The number of aromatic nitrogens is 2. The van der Waals surface area contributed by atoms with Crippen molar-refractivity contribution in [3.05, 3.63) is 46.8 Å². The van der Waals surface area contributed by atoms with E-state index in [4.69, 9.17) is 0 Å². The van der Waals surface area contributed by atoms with Crippen LogP contribution in [0, 0.1) is 0 Å². The fourth-order valence-electron chi connectivity index (χ4n) is 2.41. The number of halogens is 1. The Kier molecular flexibility index (Phi) is 2.59. The first kappa shape index (κ1) is 11.9. The molecule has 2 aromatic heterocycles. The molecule has 86 valence electrons. The van der Waals surface area contributed by atoms with Gasteiger partial charge in [-0.25, -0.2) is 4.98 Å². The highest BCUT2D eigenvalue weighted by atomic mass is 79.9. The van der Waals surface area contributed by atoms with Crippen LogP contribution < -0.4 is 0 Å². The summed E-state index contributed by atoms with van der Waals surface area (Å²) in [7, 11) is 6.61. The zero-order valence-corrected chi connectivity index (χ0v) is 12.3. The maximum atomic E-state index is 4.69. The summed E-state index contributed by atoms with van der Waals surface area (Å²) in [4.78, 5) is 4.69. The summed E-state index contributed by atoms with van der Waals surface area (Å²) < 4.78 is 3.12. The largest absolute Gasteiger partial charge is 0.304 e. The van der Waals surface area contributed by atoms with Crippen molar-refractivity contribution >= 4 is 55.9 Å². The minimum Gasteiger partial charge on any atom is -0.304 e. The molecule has 2 heterocycles. The molecule has 0 aliphatic heterocycles. The molecule has 0 radical (unpaired) electrons. The van der Waals surface area contributed by atoms with E-state index in [1.807, 2.05) is 0 Å². The SMILES string of the molecule is BC(B)(B)c1c(Br)nc2c3ccccc3ccn12. The summed E-state index contributed by atoms with van der Waals surface area (Å²) in [5, 5.41) is 2.47. The predicted molar refractivity (Wildman–Crippen MR) is 87.7 cm³/mol. The number of hydrogen-bond donors (Lipinski definition) is 0. The summed E-state index contributed by atoms with van der Waals surface area (Å²) in [5.74, 6) is 0. The topological polar surface area (TPSA) is 17.3 Å². The maximum absolute atomic E-state index is 4.69. The van der Waals surface area contributed by atoms with E-state index < -0.39 is 0 Å². The second-order valence-electron chi connectivity index (χ2n) is 5.60. The first-order chi connectivity index (χ1) is 8.48. The Hall–Kier alpha value is -1.16. The molecule has 0 aliphatic carbocycles. The van der Waals surface area contributed by atoms with E-state index in [0.717, 1.165) is 10.3 Å². The molecule has 18 heavy (non-hydrogen) atoms.